The fraction of sp³-hybridized carbons (Fsp3) is 0.111. The van der Waals surface area contributed by atoms with Gasteiger partial charge in [0.25, 0.3) is 0 Å². The average molecular weight is 212 g/mol. The van der Waals surface area contributed by atoms with E-state index in [4.69, 9.17) is 11.0 Å². The molecular weight excluding hydrogens is 206 g/mol. The minimum atomic E-state index is -1.28. The van der Waals surface area contributed by atoms with E-state index in [0.29, 0.717) is 6.07 Å². The topological polar surface area (TPSA) is 76.1 Å². The summed E-state index contributed by atoms with van der Waals surface area (Å²) < 4.78 is 30.7. The molecule has 0 aromatic heterocycles. The van der Waals surface area contributed by atoms with E-state index in [0.717, 1.165) is 7.11 Å². The van der Waals surface area contributed by atoms with E-state index in [9.17, 15) is 13.6 Å². The maximum absolute atomic E-state index is 13.3. The van der Waals surface area contributed by atoms with Crippen LogP contribution in [0.4, 0.5) is 14.5 Å². The van der Waals surface area contributed by atoms with Crippen LogP contribution < -0.4 is 5.73 Å². The van der Waals surface area contributed by atoms with E-state index in [1.165, 1.54) is 6.07 Å². The van der Waals surface area contributed by atoms with Crippen molar-refractivity contribution in [1.82, 2.24) is 0 Å². The van der Waals surface area contributed by atoms with E-state index in [-0.39, 0.29) is 5.56 Å². The summed E-state index contributed by atoms with van der Waals surface area (Å²) in [5, 5.41) is 8.47. The zero-order valence-corrected chi connectivity index (χ0v) is 7.67. The number of carbonyl (C=O) groups excluding carboxylic acids is 1. The lowest BCUT2D eigenvalue weighted by molar-refractivity contribution is 0.0590. The molecule has 0 unspecified atom stereocenters. The molecule has 1 aromatic carbocycles. The number of nitrogens with two attached hydrogens (primary N) is 1. The van der Waals surface area contributed by atoms with Gasteiger partial charge in [-0.3, -0.25) is 0 Å². The van der Waals surface area contributed by atoms with E-state index in [1.54, 1.807) is 0 Å². The van der Waals surface area contributed by atoms with Gasteiger partial charge in [0, 0.05) is 0 Å². The Kier molecular flexibility index (Phi) is 2.85. The van der Waals surface area contributed by atoms with E-state index < -0.39 is 28.9 Å². The number of methoxy groups -OCH3 is 1. The molecule has 0 saturated heterocycles. The number of nitrogen functional groups attached to an aromatic ring is 1. The van der Waals surface area contributed by atoms with Crippen molar-refractivity contribution in [2.45, 2.75) is 0 Å². The number of nitriles is 1. The Morgan fingerprint density at radius 2 is 2.20 bits per heavy atom. The predicted molar refractivity (Wildman–Crippen MR) is 46.8 cm³/mol. The Labute approximate surface area is 83.9 Å². The molecule has 0 spiro atoms. The van der Waals surface area contributed by atoms with Gasteiger partial charge in [0.15, 0.2) is 5.82 Å². The second-order valence-corrected chi connectivity index (χ2v) is 2.61. The number of nitrogens with zero attached hydrogens (tertiary/aromatic N) is 1. The third-order valence-corrected chi connectivity index (χ3v) is 1.77. The number of halogens is 2. The minimum absolute atomic E-state index is 0.363. The first-order valence-electron chi connectivity index (χ1n) is 3.78. The summed E-state index contributed by atoms with van der Waals surface area (Å²) in [7, 11) is 0.982. The quantitative estimate of drug-likeness (QED) is 0.560. The first-order chi connectivity index (χ1) is 7.02. The first kappa shape index (κ1) is 10.9. The summed E-state index contributed by atoms with van der Waals surface area (Å²) in [6.45, 7) is 0. The van der Waals surface area contributed by atoms with Crippen molar-refractivity contribution in [3.05, 3.63) is 28.8 Å². The molecule has 0 fully saturated rings. The maximum Gasteiger partial charge on any atom is 0.343 e. The summed E-state index contributed by atoms with van der Waals surface area (Å²) in [5.41, 5.74) is 3.36. The van der Waals surface area contributed by atoms with Crippen LogP contribution in [0.1, 0.15) is 15.9 Å². The van der Waals surface area contributed by atoms with Gasteiger partial charge in [-0.1, -0.05) is 0 Å². The fourth-order valence-corrected chi connectivity index (χ4v) is 1.02. The maximum atomic E-state index is 13.3. The number of hydrogen-bond donors (Lipinski definition) is 1. The number of ether oxygens (including phenoxy) is 1. The highest BCUT2D eigenvalue weighted by atomic mass is 19.1. The molecule has 15 heavy (non-hydrogen) atoms. The van der Waals surface area contributed by atoms with E-state index in [1.807, 2.05) is 0 Å². The summed E-state index contributed by atoms with van der Waals surface area (Å²) >= 11 is 0. The molecule has 0 aliphatic carbocycles. The summed E-state index contributed by atoms with van der Waals surface area (Å²) in [6.07, 6.45) is 0. The van der Waals surface area contributed by atoms with Crippen molar-refractivity contribution in [2.75, 3.05) is 12.8 Å². The van der Waals surface area contributed by atoms with Gasteiger partial charge < -0.3 is 10.5 Å². The van der Waals surface area contributed by atoms with E-state index >= 15 is 0 Å². The molecule has 6 heteroatoms. The summed E-state index contributed by atoms with van der Waals surface area (Å²) in [5.74, 6) is -3.63. The van der Waals surface area contributed by atoms with Crippen LogP contribution in [0, 0.1) is 23.0 Å². The third kappa shape index (κ3) is 1.72. The van der Waals surface area contributed by atoms with Crippen LogP contribution in [-0.2, 0) is 4.74 Å². The van der Waals surface area contributed by atoms with Crippen LogP contribution in [0.5, 0.6) is 0 Å². The number of hydrogen-bond acceptors (Lipinski definition) is 4. The lowest BCUT2D eigenvalue weighted by atomic mass is 10.1. The van der Waals surface area contributed by atoms with Crippen molar-refractivity contribution >= 4 is 11.7 Å². The van der Waals surface area contributed by atoms with Gasteiger partial charge in [-0.05, 0) is 6.07 Å². The molecule has 0 aliphatic rings. The van der Waals surface area contributed by atoms with Crippen LogP contribution >= 0.6 is 0 Å². The summed E-state index contributed by atoms with van der Waals surface area (Å²) in [4.78, 5) is 11.0. The Bertz CT molecular complexity index is 466. The molecule has 4 nitrogen and oxygen atoms in total. The minimum Gasteiger partial charge on any atom is -0.465 e. The van der Waals surface area contributed by atoms with Gasteiger partial charge in [-0.15, -0.1) is 0 Å². The van der Waals surface area contributed by atoms with Gasteiger partial charge in [-0.25, -0.2) is 13.6 Å². The Balaban J connectivity index is 3.51. The Morgan fingerprint density at radius 3 is 2.67 bits per heavy atom. The zero-order chi connectivity index (χ0) is 11.6. The van der Waals surface area contributed by atoms with Crippen LogP contribution in [0.2, 0.25) is 0 Å². The summed E-state index contributed by atoms with van der Waals surface area (Å²) in [6, 6.07) is 2.19. The second-order valence-electron chi connectivity index (χ2n) is 2.61. The molecule has 1 aromatic rings. The third-order valence-electron chi connectivity index (χ3n) is 1.77. The largest absolute Gasteiger partial charge is 0.465 e. The Morgan fingerprint density at radius 1 is 1.60 bits per heavy atom. The van der Waals surface area contributed by atoms with Crippen molar-refractivity contribution in [2.24, 2.45) is 0 Å². The lowest BCUT2D eigenvalue weighted by Crippen LogP contribution is -2.11. The molecular formula is C9H6F2N2O2. The number of benzene rings is 1. The van der Waals surface area contributed by atoms with Crippen LogP contribution in [0.3, 0.4) is 0 Å². The molecule has 0 aliphatic heterocycles. The van der Waals surface area contributed by atoms with Crippen molar-refractivity contribution in [3.8, 4) is 6.07 Å². The number of carbonyl (C=O) groups is 1. The SMILES string of the molecule is COC(=O)c1c(F)cc(C#N)c(N)c1F. The molecule has 0 bridgehead atoms. The van der Waals surface area contributed by atoms with Gasteiger partial charge in [0.2, 0.25) is 0 Å². The zero-order valence-electron chi connectivity index (χ0n) is 7.67. The Hall–Kier alpha value is -2.16. The van der Waals surface area contributed by atoms with Gasteiger partial charge >= 0.3 is 5.97 Å². The van der Waals surface area contributed by atoms with Crippen molar-refractivity contribution in [1.29, 1.82) is 5.26 Å². The van der Waals surface area contributed by atoms with Gasteiger partial charge in [0.1, 0.15) is 17.4 Å². The molecule has 78 valence electrons. The van der Waals surface area contributed by atoms with Crippen LogP contribution in [-0.4, -0.2) is 13.1 Å². The highest BCUT2D eigenvalue weighted by Gasteiger charge is 2.22. The molecule has 0 atom stereocenters. The molecule has 0 amide bonds. The molecule has 0 heterocycles. The van der Waals surface area contributed by atoms with Crippen molar-refractivity contribution < 1.29 is 18.3 Å². The second kappa shape index (κ2) is 3.92. The number of esters is 1. The fourth-order valence-electron chi connectivity index (χ4n) is 1.02. The molecule has 0 saturated carbocycles. The molecule has 0 radical (unpaired) electrons. The lowest BCUT2D eigenvalue weighted by Gasteiger charge is -2.06. The van der Waals surface area contributed by atoms with E-state index in [2.05, 4.69) is 4.74 Å². The van der Waals surface area contributed by atoms with Crippen molar-refractivity contribution in [3.63, 3.8) is 0 Å². The van der Waals surface area contributed by atoms with Crippen LogP contribution in [0.25, 0.3) is 0 Å². The van der Waals surface area contributed by atoms with Gasteiger partial charge in [-0.2, -0.15) is 5.26 Å². The molecule has 1 rings (SSSR count). The monoisotopic (exact) mass is 212 g/mol. The number of anilines is 1. The first-order valence-corrected chi connectivity index (χ1v) is 3.78. The highest BCUT2D eigenvalue weighted by molar-refractivity contribution is 5.91. The normalized spacial score (nSPS) is 9.47. The smallest absolute Gasteiger partial charge is 0.343 e. The van der Waals surface area contributed by atoms with Gasteiger partial charge in [0.05, 0.1) is 18.4 Å². The standard InChI is InChI=1S/C9H6F2N2O2/c1-15-9(14)6-5(10)2-4(3-12)8(13)7(6)11/h2H,13H2,1H3. The number of rotatable bonds is 1. The molecule has 2 N–H and O–H groups in total. The predicted octanol–water partition coefficient (Wildman–Crippen LogP) is 1.21. The highest BCUT2D eigenvalue weighted by Crippen LogP contribution is 2.23. The van der Waals surface area contributed by atoms with Crippen LogP contribution in [0.15, 0.2) is 6.07 Å². The average Bonchev–Trinajstić information content (AvgIpc) is 2.23.